The van der Waals surface area contributed by atoms with Crippen molar-refractivity contribution in [1.29, 1.82) is 0 Å². The second kappa shape index (κ2) is 7.02. The zero-order valence-electron chi connectivity index (χ0n) is 10.4. The van der Waals surface area contributed by atoms with Gasteiger partial charge in [-0.15, -0.1) is 11.3 Å². The predicted octanol–water partition coefficient (Wildman–Crippen LogP) is 4.00. The Morgan fingerprint density at radius 2 is 2.06 bits per heavy atom. The van der Waals surface area contributed by atoms with Crippen molar-refractivity contribution < 1.29 is 0 Å². The van der Waals surface area contributed by atoms with E-state index in [0.29, 0.717) is 0 Å². The fourth-order valence-electron chi connectivity index (χ4n) is 1.68. The van der Waals surface area contributed by atoms with Crippen molar-refractivity contribution >= 4 is 27.3 Å². The lowest BCUT2D eigenvalue weighted by molar-refractivity contribution is 0.665. The van der Waals surface area contributed by atoms with Crippen LogP contribution in [-0.4, -0.2) is 11.5 Å². The van der Waals surface area contributed by atoms with Crippen molar-refractivity contribution in [3.8, 4) is 0 Å². The second-order valence-electron chi connectivity index (χ2n) is 4.21. The average Bonchev–Trinajstić information content (AvgIpc) is 2.80. The molecular weight excluding hydrogens is 308 g/mol. The van der Waals surface area contributed by atoms with Crippen LogP contribution in [0.25, 0.3) is 0 Å². The lowest BCUT2D eigenvalue weighted by Crippen LogP contribution is -2.13. The van der Waals surface area contributed by atoms with Gasteiger partial charge in [-0.25, -0.2) is 4.98 Å². The van der Waals surface area contributed by atoms with Gasteiger partial charge in [0, 0.05) is 22.8 Å². The van der Waals surface area contributed by atoms with Crippen LogP contribution in [0.15, 0.2) is 34.1 Å². The highest BCUT2D eigenvalue weighted by Crippen LogP contribution is 2.17. The number of nitrogens with one attached hydrogen (secondary N) is 1. The van der Waals surface area contributed by atoms with Crippen molar-refractivity contribution in [2.75, 3.05) is 6.54 Å². The fourth-order valence-corrected chi connectivity index (χ4v) is 2.77. The normalized spacial score (nSPS) is 10.8. The van der Waals surface area contributed by atoms with Crippen molar-refractivity contribution in [3.05, 3.63) is 50.4 Å². The Balaban J connectivity index is 1.91. The lowest BCUT2D eigenvalue weighted by atomic mass is 10.2. The molecule has 0 spiro atoms. The smallest absolute Gasteiger partial charge is 0.0972 e. The van der Waals surface area contributed by atoms with Gasteiger partial charge in [-0.2, -0.15) is 0 Å². The maximum Gasteiger partial charge on any atom is 0.0972 e. The van der Waals surface area contributed by atoms with Gasteiger partial charge in [0.05, 0.1) is 10.7 Å². The highest BCUT2D eigenvalue weighted by Gasteiger charge is 2.03. The van der Waals surface area contributed by atoms with Gasteiger partial charge < -0.3 is 5.32 Å². The Morgan fingerprint density at radius 1 is 1.28 bits per heavy atom. The monoisotopic (exact) mass is 324 g/mol. The quantitative estimate of drug-likeness (QED) is 0.812. The Bertz CT molecular complexity index is 479. The van der Waals surface area contributed by atoms with Crippen molar-refractivity contribution in [2.24, 2.45) is 0 Å². The van der Waals surface area contributed by atoms with E-state index in [0.717, 1.165) is 36.1 Å². The Labute approximate surface area is 121 Å². The molecule has 4 heteroatoms. The maximum atomic E-state index is 4.64. The van der Waals surface area contributed by atoms with Crippen LogP contribution in [0.3, 0.4) is 0 Å². The lowest BCUT2D eigenvalue weighted by Gasteiger charge is -1.99. The van der Waals surface area contributed by atoms with E-state index in [4.69, 9.17) is 0 Å². The highest BCUT2D eigenvalue weighted by atomic mass is 79.9. The van der Waals surface area contributed by atoms with Gasteiger partial charge in [-0.05, 0) is 30.7 Å². The number of halogens is 1. The Morgan fingerprint density at radius 3 is 2.78 bits per heavy atom. The zero-order valence-corrected chi connectivity index (χ0v) is 12.9. The van der Waals surface area contributed by atoms with Crippen LogP contribution in [0, 0.1) is 0 Å². The minimum Gasteiger partial charge on any atom is -0.311 e. The fraction of sp³-hybridized carbons (Fsp3) is 0.357. The molecule has 0 saturated carbocycles. The first-order chi connectivity index (χ1) is 8.78. The van der Waals surface area contributed by atoms with Crippen molar-refractivity contribution in [1.82, 2.24) is 10.3 Å². The molecule has 18 heavy (non-hydrogen) atoms. The summed E-state index contributed by atoms with van der Waals surface area (Å²) < 4.78 is 1.12. The molecule has 1 aromatic heterocycles. The molecule has 0 amide bonds. The molecule has 2 nitrogen and oxygen atoms in total. The van der Waals surface area contributed by atoms with Crippen LogP contribution >= 0.6 is 27.3 Å². The minimum atomic E-state index is 0.880. The summed E-state index contributed by atoms with van der Waals surface area (Å²) in [4.78, 5) is 4.64. The summed E-state index contributed by atoms with van der Waals surface area (Å²) in [7, 11) is 0. The van der Waals surface area contributed by atoms with Crippen LogP contribution in [0.2, 0.25) is 0 Å². The molecule has 0 unspecified atom stereocenters. The summed E-state index contributed by atoms with van der Waals surface area (Å²) >= 11 is 5.19. The van der Waals surface area contributed by atoms with Crippen LogP contribution in [0.5, 0.6) is 0 Å². The number of nitrogens with zero attached hydrogens (tertiary/aromatic N) is 1. The summed E-state index contributed by atoms with van der Waals surface area (Å²) in [5.74, 6) is 0. The zero-order chi connectivity index (χ0) is 12.8. The molecule has 0 aliphatic heterocycles. The molecule has 1 heterocycles. The number of hydrogen-bond acceptors (Lipinski definition) is 3. The van der Waals surface area contributed by atoms with Crippen LogP contribution in [0.4, 0.5) is 0 Å². The van der Waals surface area contributed by atoms with Crippen LogP contribution < -0.4 is 5.32 Å². The second-order valence-corrected chi connectivity index (χ2v) is 6.07. The Hall–Kier alpha value is -0.710. The van der Waals surface area contributed by atoms with Gasteiger partial charge in [-0.3, -0.25) is 0 Å². The van der Waals surface area contributed by atoms with E-state index >= 15 is 0 Å². The molecule has 0 fully saturated rings. The van der Waals surface area contributed by atoms with Crippen LogP contribution in [0.1, 0.15) is 29.6 Å². The summed E-state index contributed by atoms with van der Waals surface area (Å²) in [6, 6.07) is 8.43. The first kappa shape index (κ1) is 13.7. The van der Waals surface area contributed by atoms with E-state index in [2.05, 4.69) is 62.8 Å². The molecule has 0 aliphatic carbocycles. The third-order valence-corrected chi connectivity index (χ3v) is 4.03. The summed E-state index contributed by atoms with van der Waals surface area (Å²) in [6.45, 7) is 4.11. The number of hydrogen-bond donors (Lipinski definition) is 1. The minimum absolute atomic E-state index is 0.880. The molecular formula is C14H17BrN2S. The van der Waals surface area contributed by atoms with Gasteiger partial charge in [-0.1, -0.05) is 35.0 Å². The van der Waals surface area contributed by atoms with Gasteiger partial charge in [0.1, 0.15) is 0 Å². The number of thiazole rings is 1. The molecule has 0 radical (unpaired) electrons. The first-order valence-corrected chi connectivity index (χ1v) is 7.83. The molecule has 0 atom stereocenters. The van der Waals surface area contributed by atoms with E-state index in [1.54, 1.807) is 11.3 Å². The van der Waals surface area contributed by atoms with Gasteiger partial charge in [0.2, 0.25) is 0 Å². The standard InChI is InChI=1S/C14H17BrN2S/c1-2-7-16-9-13-10-18-14(17-13)8-11-3-5-12(15)6-4-11/h3-6,10,16H,2,7-9H2,1H3. The molecule has 0 aliphatic rings. The first-order valence-electron chi connectivity index (χ1n) is 6.16. The third kappa shape index (κ3) is 4.19. The van der Waals surface area contributed by atoms with Gasteiger partial charge in [0.15, 0.2) is 0 Å². The molecule has 1 N–H and O–H groups in total. The van der Waals surface area contributed by atoms with E-state index in [9.17, 15) is 0 Å². The number of benzene rings is 1. The number of rotatable bonds is 6. The van der Waals surface area contributed by atoms with Gasteiger partial charge in [0.25, 0.3) is 0 Å². The number of aromatic nitrogens is 1. The largest absolute Gasteiger partial charge is 0.311 e. The van der Waals surface area contributed by atoms with Gasteiger partial charge >= 0.3 is 0 Å². The molecule has 0 saturated heterocycles. The average molecular weight is 325 g/mol. The van der Waals surface area contributed by atoms with Crippen LogP contribution in [-0.2, 0) is 13.0 Å². The SMILES string of the molecule is CCCNCc1csc(Cc2ccc(Br)cc2)n1. The molecule has 2 rings (SSSR count). The van der Waals surface area contributed by atoms with E-state index in [1.165, 1.54) is 10.6 Å². The van der Waals surface area contributed by atoms with E-state index in [1.807, 2.05) is 0 Å². The molecule has 0 bridgehead atoms. The predicted molar refractivity (Wildman–Crippen MR) is 81.1 cm³/mol. The Kier molecular flexibility index (Phi) is 5.35. The maximum absolute atomic E-state index is 4.64. The van der Waals surface area contributed by atoms with E-state index < -0.39 is 0 Å². The summed E-state index contributed by atoms with van der Waals surface area (Å²) in [6.07, 6.45) is 2.08. The van der Waals surface area contributed by atoms with E-state index in [-0.39, 0.29) is 0 Å². The molecule has 1 aromatic carbocycles. The summed E-state index contributed by atoms with van der Waals surface area (Å²) in [5.41, 5.74) is 2.46. The third-order valence-electron chi connectivity index (χ3n) is 2.60. The highest BCUT2D eigenvalue weighted by molar-refractivity contribution is 9.10. The molecule has 96 valence electrons. The van der Waals surface area contributed by atoms with Crippen molar-refractivity contribution in [2.45, 2.75) is 26.3 Å². The molecule has 2 aromatic rings. The summed E-state index contributed by atoms with van der Waals surface area (Å²) in [5, 5.41) is 6.71. The topological polar surface area (TPSA) is 24.9 Å². The van der Waals surface area contributed by atoms with Crippen molar-refractivity contribution in [3.63, 3.8) is 0 Å².